The topological polar surface area (TPSA) is 86.8 Å². The van der Waals surface area contributed by atoms with Gasteiger partial charge in [0.05, 0.1) is 10.6 Å². The van der Waals surface area contributed by atoms with Crippen molar-refractivity contribution in [3.05, 3.63) is 58.9 Å². The molecule has 1 atom stereocenters. The third kappa shape index (κ3) is 5.73. The van der Waals surface area contributed by atoms with Crippen molar-refractivity contribution >= 4 is 27.2 Å². The van der Waals surface area contributed by atoms with Crippen LogP contribution in [0.15, 0.2) is 41.3 Å². The predicted molar refractivity (Wildman–Crippen MR) is 133 cm³/mol. The molecular weight excluding hydrogens is 469 g/mol. The van der Waals surface area contributed by atoms with Gasteiger partial charge < -0.3 is 15.1 Å². The molecule has 2 fully saturated rings. The van der Waals surface area contributed by atoms with Gasteiger partial charge in [-0.3, -0.25) is 9.59 Å². The molecule has 0 bridgehead atoms. The van der Waals surface area contributed by atoms with E-state index in [-0.39, 0.29) is 22.6 Å². The number of benzene rings is 2. The van der Waals surface area contributed by atoms with Crippen molar-refractivity contribution < 1.29 is 22.4 Å². The summed E-state index contributed by atoms with van der Waals surface area (Å²) in [5.74, 6) is -0.857. The lowest BCUT2D eigenvalue weighted by molar-refractivity contribution is 0.0744. The van der Waals surface area contributed by atoms with E-state index in [2.05, 4.69) is 5.32 Å². The molecule has 2 aliphatic rings. The third-order valence-corrected chi connectivity index (χ3v) is 7.99. The van der Waals surface area contributed by atoms with Crippen LogP contribution in [0.4, 0.5) is 10.1 Å². The highest BCUT2D eigenvalue weighted by atomic mass is 32.2. The second kappa shape index (κ2) is 10.5. The summed E-state index contributed by atoms with van der Waals surface area (Å²) in [6.07, 6.45) is 5.28. The van der Waals surface area contributed by atoms with Crippen molar-refractivity contribution in [2.45, 2.75) is 43.5 Å². The Morgan fingerprint density at radius 3 is 2.40 bits per heavy atom. The van der Waals surface area contributed by atoms with Crippen LogP contribution in [-0.2, 0) is 9.84 Å². The number of nitrogens with zero attached hydrogens (tertiary/aromatic N) is 2. The first kappa shape index (κ1) is 25.3. The van der Waals surface area contributed by atoms with E-state index in [1.807, 2.05) is 4.90 Å². The average molecular weight is 502 g/mol. The fourth-order valence-corrected chi connectivity index (χ4v) is 5.50. The number of halogens is 1. The van der Waals surface area contributed by atoms with E-state index in [0.717, 1.165) is 44.0 Å². The first-order valence-corrected chi connectivity index (χ1v) is 14.0. The summed E-state index contributed by atoms with van der Waals surface area (Å²) in [5, 5.41) is 3.51. The Morgan fingerprint density at radius 1 is 1.00 bits per heavy atom. The van der Waals surface area contributed by atoms with Crippen LogP contribution in [0.3, 0.4) is 0 Å². The number of sulfone groups is 1. The van der Waals surface area contributed by atoms with E-state index in [1.165, 1.54) is 19.1 Å². The SMILES string of the molecule is CC(=O)c1ccc(N2CCN(C(=O)c3cc(S(C)(=O)=O)ccc3C3CCCCCN3)CC2)c(F)c1. The number of hydrogen-bond donors (Lipinski definition) is 1. The van der Waals surface area contributed by atoms with Gasteiger partial charge in [-0.25, -0.2) is 12.8 Å². The van der Waals surface area contributed by atoms with Crippen LogP contribution in [0.1, 0.15) is 64.9 Å². The Bertz CT molecular complexity index is 1220. The summed E-state index contributed by atoms with van der Waals surface area (Å²) in [4.78, 5) is 28.9. The number of ketones is 1. The zero-order valence-corrected chi connectivity index (χ0v) is 21.0. The molecule has 35 heavy (non-hydrogen) atoms. The lowest BCUT2D eigenvalue weighted by Crippen LogP contribution is -2.49. The maximum atomic E-state index is 14.6. The van der Waals surface area contributed by atoms with Crippen LogP contribution in [0.5, 0.6) is 0 Å². The molecule has 0 saturated carbocycles. The molecule has 0 aromatic heterocycles. The average Bonchev–Trinajstić information content (AvgIpc) is 3.12. The van der Waals surface area contributed by atoms with Crippen molar-refractivity contribution in [2.24, 2.45) is 0 Å². The zero-order valence-electron chi connectivity index (χ0n) is 20.2. The number of piperazine rings is 1. The van der Waals surface area contributed by atoms with Crippen LogP contribution in [0, 0.1) is 5.82 Å². The van der Waals surface area contributed by atoms with Gasteiger partial charge >= 0.3 is 0 Å². The quantitative estimate of drug-likeness (QED) is 0.630. The van der Waals surface area contributed by atoms with E-state index >= 15 is 0 Å². The molecule has 1 N–H and O–H groups in total. The smallest absolute Gasteiger partial charge is 0.254 e. The van der Waals surface area contributed by atoms with E-state index < -0.39 is 15.7 Å². The molecule has 2 aromatic rings. The van der Waals surface area contributed by atoms with Crippen molar-refractivity contribution in [3.63, 3.8) is 0 Å². The monoisotopic (exact) mass is 501 g/mol. The molecule has 2 saturated heterocycles. The van der Waals surface area contributed by atoms with Gasteiger partial charge in [0.1, 0.15) is 5.82 Å². The van der Waals surface area contributed by atoms with E-state index in [0.29, 0.717) is 43.0 Å². The number of rotatable bonds is 5. The van der Waals surface area contributed by atoms with Gasteiger partial charge in [-0.2, -0.15) is 0 Å². The van der Waals surface area contributed by atoms with Crippen LogP contribution < -0.4 is 10.2 Å². The van der Waals surface area contributed by atoms with Crippen LogP contribution >= 0.6 is 0 Å². The summed E-state index contributed by atoms with van der Waals surface area (Å²) in [6.45, 7) is 3.89. The minimum Gasteiger partial charge on any atom is -0.366 e. The standard InChI is InChI=1S/C26H32FN3O4S/c1-18(31)19-7-10-25(23(27)16-19)29-12-14-30(15-13-29)26(32)22-17-20(35(2,33)34)8-9-21(22)24-6-4-3-5-11-28-24/h7-10,16-17,24,28H,3-6,11-15H2,1-2H3. The predicted octanol–water partition coefficient (Wildman–Crippen LogP) is 3.60. The summed E-state index contributed by atoms with van der Waals surface area (Å²) < 4.78 is 39.1. The molecule has 0 aliphatic carbocycles. The maximum Gasteiger partial charge on any atom is 0.254 e. The van der Waals surface area contributed by atoms with Crippen molar-refractivity contribution in [1.29, 1.82) is 0 Å². The van der Waals surface area contributed by atoms with E-state index in [1.54, 1.807) is 29.2 Å². The molecular formula is C26H32FN3O4S. The first-order chi connectivity index (χ1) is 16.6. The molecule has 9 heteroatoms. The Hall–Kier alpha value is -2.78. The molecule has 2 aromatic carbocycles. The van der Waals surface area contributed by atoms with Crippen molar-refractivity contribution in [2.75, 3.05) is 43.9 Å². The fraction of sp³-hybridized carbons (Fsp3) is 0.462. The molecule has 0 radical (unpaired) electrons. The van der Waals surface area contributed by atoms with Gasteiger partial charge in [-0.1, -0.05) is 18.9 Å². The molecule has 1 amide bonds. The molecule has 188 valence electrons. The Kier molecular flexibility index (Phi) is 7.56. The van der Waals surface area contributed by atoms with Crippen LogP contribution in [-0.4, -0.2) is 64.0 Å². The van der Waals surface area contributed by atoms with E-state index in [9.17, 15) is 22.4 Å². The molecule has 2 heterocycles. The molecule has 2 aliphatic heterocycles. The number of nitrogens with one attached hydrogen (secondary N) is 1. The number of Topliss-reactive ketones (excluding diaryl/α,β-unsaturated/α-hetero) is 1. The molecule has 4 rings (SSSR count). The fourth-order valence-electron chi connectivity index (χ4n) is 4.85. The maximum absolute atomic E-state index is 14.6. The van der Waals surface area contributed by atoms with Crippen molar-refractivity contribution in [1.82, 2.24) is 10.2 Å². The van der Waals surface area contributed by atoms with Gasteiger partial charge in [0, 0.05) is 49.6 Å². The van der Waals surface area contributed by atoms with Gasteiger partial charge in [0.25, 0.3) is 5.91 Å². The highest BCUT2D eigenvalue weighted by molar-refractivity contribution is 7.90. The lowest BCUT2D eigenvalue weighted by Gasteiger charge is -2.37. The highest BCUT2D eigenvalue weighted by Crippen LogP contribution is 2.29. The Balaban J connectivity index is 1.55. The third-order valence-electron chi connectivity index (χ3n) is 6.88. The first-order valence-electron chi connectivity index (χ1n) is 12.1. The molecule has 0 spiro atoms. The number of anilines is 1. The van der Waals surface area contributed by atoms with Gasteiger partial charge in [-0.05, 0) is 62.2 Å². The van der Waals surface area contributed by atoms with Gasteiger partial charge in [-0.15, -0.1) is 0 Å². The molecule has 1 unspecified atom stereocenters. The number of hydrogen-bond acceptors (Lipinski definition) is 6. The summed E-state index contributed by atoms with van der Waals surface area (Å²) in [7, 11) is -3.47. The van der Waals surface area contributed by atoms with Gasteiger partial charge in [0.2, 0.25) is 0 Å². The molecule has 7 nitrogen and oxygen atoms in total. The minimum absolute atomic E-state index is 0.000218. The van der Waals surface area contributed by atoms with Crippen molar-refractivity contribution in [3.8, 4) is 0 Å². The lowest BCUT2D eigenvalue weighted by atomic mass is 9.96. The van der Waals surface area contributed by atoms with Crippen LogP contribution in [0.2, 0.25) is 0 Å². The summed E-state index contributed by atoms with van der Waals surface area (Å²) in [5.41, 5.74) is 1.98. The number of carbonyl (C=O) groups excluding carboxylic acids is 2. The van der Waals surface area contributed by atoms with E-state index in [4.69, 9.17) is 0 Å². The highest BCUT2D eigenvalue weighted by Gasteiger charge is 2.28. The second-order valence-electron chi connectivity index (χ2n) is 9.38. The normalized spacial score (nSPS) is 19.3. The largest absolute Gasteiger partial charge is 0.366 e. The summed E-state index contributed by atoms with van der Waals surface area (Å²) in [6, 6.07) is 9.33. The summed E-state index contributed by atoms with van der Waals surface area (Å²) >= 11 is 0. The zero-order chi connectivity index (χ0) is 25.2. The number of carbonyl (C=O) groups is 2. The van der Waals surface area contributed by atoms with Crippen LogP contribution in [0.25, 0.3) is 0 Å². The number of amides is 1. The van der Waals surface area contributed by atoms with Gasteiger partial charge in [0.15, 0.2) is 15.6 Å². The second-order valence-corrected chi connectivity index (χ2v) is 11.4. The minimum atomic E-state index is -3.47. The Morgan fingerprint density at radius 2 is 1.74 bits per heavy atom. The Labute approximate surface area is 206 Å².